The van der Waals surface area contributed by atoms with Crippen LogP contribution in [0.5, 0.6) is 0 Å². The zero-order chi connectivity index (χ0) is 16.9. The number of nitrogens with zero attached hydrogens (tertiary/aromatic N) is 4. The molecule has 24 heavy (non-hydrogen) atoms. The van der Waals surface area contributed by atoms with Crippen molar-refractivity contribution in [1.82, 2.24) is 24.9 Å². The number of carbonyl (C=O) groups excluding carboxylic acids is 1. The first-order valence-electron chi connectivity index (χ1n) is 7.98. The van der Waals surface area contributed by atoms with Crippen molar-refractivity contribution in [3.8, 4) is 5.69 Å². The molecular formula is C18H21N5O. The normalized spacial score (nSPS) is 12.1. The third kappa shape index (κ3) is 3.71. The first-order valence-corrected chi connectivity index (χ1v) is 7.98. The second-order valence-electron chi connectivity index (χ2n) is 5.93. The van der Waals surface area contributed by atoms with Gasteiger partial charge in [0.25, 0.3) is 0 Å². The number of hydrogen-bond donors (Lipinski definition) is 1. The first-order chi connectivity index (χ1) is 11.6. The number of rotatable bonds is 6. The van der Waals surface area contributed by atoms with Gasteiger partial charge in [-0.2, -0.15) is 10.2 Å². The molecule has 0 aliphatic carbocycles. The molecule has 124 valence electrons. The highest BCUT2D eigenvalue weighted by molar-refractivity contribution is 5.78. The number of hydrogen-bond acceptors (Lipinski definition) is 3. The van der Waals surface area contributed by atoms with Crippen LogP contribution in [-0.2, 0) is 17.9 Å². The lowest BCUT2D eigenvalue weighted by molar-refractivity contribution is -0.125. The average Bonchev–Trinajstić information content (AvgIpc) is 3.24. The highest BCUT2D eigenvalue weighted by Gasteiger charge is 2.13. The van der Waals surface area contributed by atoms with Gasteiger partial charge < -0.3 is 5.32 Å². The van der Waals surface area contributed by atoms with Crippen molar-refractivity contribution in [2.75, 3.05) is 0 Å². The molecule has 1 aromatic carbocycles. The zero-order valence-corrected chi connectivity index (χ0v) is 13.9. The molecule has 0 saturated carbocycles. The summed E-state index contributed by atoms with van der Waals surface area (Å²) in [6.45, 7) is 4.98. The lowest BCUT2D eigenvalue weighted by Gasteiger charge is -2.11. The van der Waals surface area contributed by atoms with Crippen LogP contribution >= 0.6 is 0 Å². The molecule has 0 fully saturated rings. The standard InChI is InChI=1S/C18H21N5O/c1-14-6-3-4-7-17(14)23-13-16(11-21-23)10-19-18(24)15(2)12-22-9-5-8-20-22/h3-9,11,13,15H,10,12H2,1-2H3,(H,19,24). The van der Waals surface area contributed by atoms with Crippen molar-refractivity contribution in [3.05, 3.63) is 66.2 Å². The van der Waals surface area contributed by atoms with Gasteiger partial charge in [-0.05, 0) is 24.6 Å². The molecule has 2 heterocycles. The molecule has 6 heteroatoms. The van der Waals surface area contributed by atoms with Gasteiger partial charge >= 0.3 is 0 Å². The van der Waals surface area contributed by atoms with Crippen LogP contribution in [0.1, 0.15) is 18.1 Å². The van der Waals surface area contributed by atoms with Crippen molar-refractivity contribution < 1.29 is 4.79 Å². The smallest absolute Gasteiger partial charge is 0.224 e. The predicted molar refractivity (Wildman–Crippen MR) is 91.5 cm³/mol. The van der Waals surface area contributed by atoms with Gasteiger partial charge in [-0.25, -0.2) is 4.68 Å². The summed E-state index contributed by atoms with van der Waals surface area (Å²) < 4.78 is 3.60. The number of amides is 1. The summed E-state index contributed by atoms with van der Waals surface area (Å²) in [5.41, 5.74) is 3.17. The zero-order valence-electron chi connectivity index (χ0n) is 13.9. The molecule has 3 rings (SSSR count). The minimum Gasteiger partial charge on any atom is -0.352 e. The van der Waals surface area contributed by atoms with E-state index >= 15 is 0 Å². The van der Waals surface area contributed by atoms with Crippen LogP contribution in [0.15, 0.2) is 55.1 Å². The minimum atomic E-state index is -0.142. The second-order valence-corrected chi connectivity index (χ2v) is 5.93. The molecule has 6 nitrogen and oxygen atoms in total. The molecule has 0 aliphatic rings. The predicted octanol–water partition coefficient (Wildman–Crippen LogP) is 2.33. The van der Waals surface area contributed by atoms with E-state index in [0.29, 0.717) is 13.1 Å². The highest BCUT2D eigenvalue weighted by Crippen LogP contribution is 2.13. The quantitative estimate of drug-likeness (QED) is 0.757. The van der Waals surface area contributed by atoms with E-state index in [4.69, 9.17) is 0 Å². The van der Waals surface area contributed by atoms with Gasteiger partial charge in [0.15, 0.2) is 0 Å². The van der Waals surface area contributed by atoms with Gasteiger partial charge in [0.1, 0.15) is 0 Å². The fourth-order valence-corrected chi connectivity index (χ4v) is 2.54. The molecule has 1 N–H and O–H groups in total. The molecule has 3 aromatic rings. The van der Waals surface area contributed by atoms with E-state index in [2.05, 4.69) is 28.5 Å². The van der Waals surface area contributed by atoms with Crippen LogP contribution in [0.25, 0.3) is 5.69 Å². The van der Waals surface area contributed by atoms with Crippen molar-refractivity contribution >= 4 is 5.91 Å². The van der Waals surface area contributed by atoms with Crippen molar-refractivity contribution in [1.29, 1.82) is 0 Å². The van der Waals surface area contributed by atoms with Crippen LogP contribution in [0.3, 0.4) is 0 Å². The van der Waals surface area contributed by atoms with Gasteiger partial charge in [-0.3, -0.25) is 9.48 Å². The average molecular weight is 323 g/mol. The molecule has 2 aromatic heterocycles. The summed E-state index contributed by atoms with van der Waals surface area (Å²) in [7, 11) is 0. The van der Waals surface area contributed by atoms with Gasteiger partial charge in [0.2, 0.25) is 5.91 Å². The van der Waals surface area contributed by atoms with E-state index in [1.54, 1.807) is 17.1 Å². The number of aromatic nitrogens is 4. The van der Waals surface area contributed by atoms with Gasteiger partial charge in [-0.1, -0.05) is 25.1 Å². The van der Waals surface area contributed by atoms with Crippen LogP contribution < -0.4 is 5.32 Å². The van der Waals surface area contributed by atoms with Crippen molar-refractivity contribution in [2.24, 2.45) is 5.92 Å². The second kappa shape index (κ2) is 7.12. The number of para-hydroxylation sites is 1. The molecule has 0 bridgehead atoms. The summed E-state index contributed by atoms with van der Waals surface area (Å²) >= 11 is 0. The first kappa shape index (κ1) is 16.0. The maximum absolute atomic E-state index is 12.2. The lowest BCUT2D eigenvalue weighted by Crippen LogP contribution is -2.31. The SMILES string of the molecule is Cc1ccccc1-n1cc(CNC(=O)C(C)Cn2cccn2)cn1. The van der Waals surface area contributed by atoms with E-state index in [1.165, 1.54) is 0 Å². The Hall–Kier alpha value is -2.89. The topological polar surface area (TPSA) is 64.7 Å². The Balaban J connectivity index is 1.57. The van der Waals surface area contributed by atoms with E-state index in [-0.39, 0.29) is 11.8 Å². The molecule has 1 amide bonds. The van der Waals surface area contributed by atoms with Gasteiger partial charge in [0.05, 0.1) is 24.3 Å². The summed E-state index contributed by atoms with van der Waals surface area (Å²) in [6, 6.07) is 9.92. The number of aryl methyl sites for hydroxylation is 1. The fraction of sp³-hybridized carbons (Fsp3) is 0.278. The molecular weight excluding hydrogens is 302 g/mol. The van der Waals surface area contributed by atoms with Crippen LogP contribution in [0.2, 0.25) is 0 Å². The molecule has 0 radical (unpaired) electrons. The Morgan fingerprint density at radius 3 is 2.83 bits per heavy atom. The Kier molecular flexibility index (Phi) is 4.74. The van der Waals surface area contributed by atoms with Gasteiger partial charge in [-0.15, -0.1) is 0 Å². The maximum atomic E-state index is 12.2. The molecule has 0 spiro atoms. The summed E-state index contributed by atoms with van der Waals surface area (Å²) in [5, 5.41) is 11.5. The van der Waals surface area contributed by atoms with Crippen molar-refractivity contribution in [3.63, 3.8) is 0 Å². The molecule has 0 saturated heterocycles. The summed E-state index contributed by atoms with van der Waals surface area (Å²) in [5.74, 6) is -0.134. The van der Waals surface area contributed by atoms with Gasteiger partial charge in [0, 0.05) is 30.7 Å². The third-order valence-corrected chi connectivity index (χ3v) is 3.93. The van der Waals surface area contributed by atoms with Crippen molar-refractivity contribution in [2.45, 2.75) is 26.9 Å². The molecule has 0 aliphatic heterocycles. The van der Waals surface area contributed by atoms with Crippen LogP contribution in [-0.4, -0.2) is 25.5 Å². The third-order valence-electron chi connectivity index (χ3n) is 3.93. The Morgan fingerprint density at radius 2 is 2.08 bits per heavy atom. The summed E-state index contributed by atoms with van der Waals surface area (Å²) in [4.78, 5) is 12.2. The molecule has 1 unspecified atom stereocenters. The summed E-state index contributed by atoms with van der Waals surface area (Å²) in [6.07, 6.45) is 7.30. The largest absolute Gasteiger partial charge is 0.352 e. The lowest BCUT2D eigenvalue weighted by atomic mass is 10.1. The fourth-order valence-electron chi connectivity index (χ4n) is 2.54. The number of nitrogens with one attached hydrogen (secondary N) is 1. The number of benzene rings is 1. The Bertz CT molecular complexity index is 806. The van der Waals surface area contributed by atoms with Crippen LogP contribution in [0, 0.1) is 12.8 Å². The number of carbonyl (C=O) groups is 1. The van der Waals surface area contributed by atoms with E-state index < -0.39 is 0 Å². The van der Waals surface area contributed by atoms with E-state index in [0.717, 1.165) is 16.8 Å². The Labute approximate surface area is 141 Å². The van der Waals surface area contributed by atoms with E-state index in [1.807, 2.05) is 48.3 Å². The van der Waals surface area contributed by atoms with Crippen LogP contribution in [0.4, 0.5) is 0 Å². The highest BCUT2D eigenvalue weighted by atomic mass is 16.1. The van der Waals surface area contributed by atoms with E-state index in [9.17, 15) is 4.79 Å². The maximum Gasteiger partial charge on any atom is 0.224 e. The monoisotopic (exact) mass is 323 g/mol. The molecule has 1 atom stereocenters. The Morgan fingerprint density at radius 1 is 1.25 bits per heavy atom. The minimum absolute atomic E-state index is 0.00846.